The second-order valence-electron chi connectivity index (χ2n) is 6.38. The third kappa shape index (κ3) is 4.85. The van der Waals surface area contributed by atoms with Gasteiger partial charge >= 0.3 is 0 Å². The van der Waals surface area contributed by atoms with Crippen LogP contribution in [0.5, 0.6) is 5.75 Å². The second-order valence-corrected chi connectivity index (χ2v) is 6.82. The van der Waals surface area contributed by atoms with Crippen LogP contribution in [0, 0.1) is 0 Å². The first-order chi connectivity index (χ1) is 11.7. The molecule has 0 radical (unpaired) electrons. The molecule has 1 heterocycles. The molecule has 0 bridgehead atoms. The number of nitrogens with zero attached hydrogens (tertiary/aromatic N) is 1. The lowest BCUT2D eigenvalue weighted by atomic mass is 9.90. The predicted octanol–water partition coefficient (Wildman–Crippen LogP) is 2.48. The Morgan fingerprint density at radius 3 is 2.92 bits per heavy atom. The zero-order chi connectivity index (χ0) is 16.8. The van der Waals surface area contributed by atoms with Gasteiger partial charge in [-0.25, -0.2) is 0 Å². The zero-order valence-corrected chi connectivity index (χ0v) is 14.6. The smallest absolute Gasteiger partial charge is 0.234 e. The van der Waals surface area contributed by atoms with Crippen LogP contribution in [0.15, 0.2) is 24.3 Å². The normalized spacial score (nSPS) is 24.2. The van der Waals surface area contributed by atoms with Crippen molar-refractivity contribution in [3.63, 3.8) is 0 Å². The van der Waals surface area contributed by atoms with Crippen LogP contribution < -0.4 is 10.1 Å². The molecule has 1 amide bonds. The van der Waals surface area contributed by atoms with Gasteiger partial charge in [0.2, 0.25) is 5.91 Å². The van der Waals surface area contributed by atoms with Crippen LogP contribution in [0.2, 0.25) is 5.02 Å². The summed E-state index contributed by atoms with van der Waals surface area (Å²) in [7, 11) is 0. The van der Waals surface area contributed by atoms with Crippen LogP contribution in [0.25, 0.3) is 0 Å². The van der Waals surface area contributed by atoms with Crippen LogP contribution in [0.1, 0.15) is 25.7 Å². The van der Waals surface area contributed by atoms with Gasteiger partial charge in [-0.1, -0.05) is 24.4 Å². The Labute approximate surface area is 148 Å². The minimum Gasteiger partial charge on any atom is -0.492 e. The number of hydrogen-bond donors (Lipinski definition) is 1. The van der Waals surface area contributed by atoms with Gasteiger partial charge in [-0.3, -0.25) is 9.69 Å². The lowest BCUT2D eigenvalue weighted by Gasteiger charge is -2.43. The van der Waals surface area contributed by atoms with Gasteiger partial charge in [-0.05, 0) is 37.1 Å². The van der Waals surface area contributed by atoms with E-state index in [9.17, 15) is 4.79 Å². The third-order valence-corrected chi connectivity index (χ3v) is 4.95. The molecule has 1 N–H and O–H groups in total. The topological polar surface area (TPSA) is 50.8 Å². The first-order valence-electron chi connectivity index (χ1n) is 8.73. The number of morpholine rings is 1. The highest BCUT2D eigenvalue weighted by atomic mass is 35.5. The summed E-state index contributed by atoms with van der Waals surface area (Å²) in [4.78, 5) is 14.5. The van der Waals surface area contributed by atoms with E-state index in [2.05, 4.69) is 10.2 Å². The Morgan fingerprint density at radius 2 is 2.08 bits per heavy atom. The monoisotopic (exact) mass is 352 g/mol. The Bertz CT molecular complexity index is 536. The molecule has 0 aromatic heterocycles. The maximum atomic E-state index is 12.2. The van der Waals surface area contributed by atoms with E-state index in [-0.39, 0.29) is 5.91 Å². The van der Waals surface area contributed by atoms with Gasteiger partial charge in [0.25, 0.3) is 0 Å². The average Bonchev–Trinajstić information content (AvgIpc) is 2.61. The molecular formula is C18H25ClN2O3. The molecule has 2 fully saturated rings. The fourth-order valence-corrected chi connectivity index (χ4v) is 3.63. The summed E-state index contributed by atoms with van der Waals surface area (Å²) < 4.78 is 11.4. The first-order valence-corrected chi connectivity index (χ1v) is 9.11. The van der Waals surface area contributed by atoms with E-state index in [0.29, 0.717) is 36.9 Å². The summed E-state index contributed by atoms with van der Waals surface area (Å²) in [6.07, 6.45) is 5.05. The van der Waals surface area contributed by atoms with E-state index in [1.54, 1.807) is 12.1 Å². The molecule has 0 spiro atoms. The molecule has 3 rings (SSSR count). The Balaban J connectivity index is 1.36. The number of fused-ring (bicyclic) bond motifs is 1. The summed E-state index contributed by atoms with van der Waals surface area (Å²) in [6.45, 7) is 2.97. The van der Waals surface area contributed by atoms with Crippen molar-refractivity contribution in [3.05, 3.63) is 29.3 Å². The van der Waals surface area contributed by atoms with E-state index in [0.717, 1.165) is 31.7 Å². The molecule has 2 aliphatic rings. The Kier molecular flexibility index (Phi) is 6.35. The van der Waals surface area contributed by atoms with Crippen LogP contribution in [-0.2, 0) is 9.53 Å². The van der Waals surface area contributed by atoms with Crippen molar-refractivity contribution in [2.75, 3.05) is 32.8 Å². The summed E-state index contributed by atoms with van der Waals surface area (Å²) >= 11 is 5.83. The molecule has 1 aliphatic carbocycles. The Morgan fingerprint density at radius 1 is 1.29 bits per heavy atom. The molecule has 1 saturated heterocycles. The van der Waals surface area contributed by atoms with Gasteiger partial charge in [0, 0.05) is 17.6 Å². The van der Waals surface area contributed by atoms with E-state index in [4.69, 9.17) is 21.1 Å². The number of halogens is 1. The number of rotatable bonds is 6. The van der Waals surface area contributed by atoms with Gasteiger partial charge in [0.05, 0.1) is 25.8 Å². The molecule has 1 aliphatic heterocycles. The zero-order valence-electron chi connectivity index (χ0n) is 13.9. The SMILES string of the molecule is O=C(CN1CCOC2CCCCC21)NCCOc1ccc(Cl)cc1. The van der Waals surface area contributed by atoms with Gasteiger partial charge < -0.3 is 14.8 Å². The summed E-state index contributed by atoms with van der Waals surface area (Å²) in [6, 6.07) is 7.62. The fraction of sp³-hybridized carbons (Fsp3) is 0.611. The number of carbonyl (C=O) groups excluding carboxylic acids is 1. The van der Waals surface area contributed by atoms with Crippen LogP contribution in [0.3, 0.4) is 0 Å². The number of benzene rings is 1. The number of hydrogen-bond acceptors (Lipinski definition) is 4. The lowest BCUT2D eigenvalue weighted by molar-refractivity contribution is -0.129. The van der Waals surface area contributed by atoms with Crippen molar-refractivity contribution in [2.24, 2.45) is 0 Å². The third-order valence-electron chi connectivity index (χ3n) is 4.70. The van der Waals surface area contributed by atoms with Crippen molar-refractivity contribution < 1.29 is 14.3 Å². The molecule has 132 valence electrons. The van der Waals surface area contributed by atoms with Crippen molar-refractivity contribution in [1.29, 1.82) is 0 Å². The summed E-state index contributed by atoms with van der Waals surface area (Å²) in [5.41, 5.74) is 0. The fourth-order valence-electron chi connectivity index (χ4n) is 3.50. The second kappa shape index (κ2) is 8.70. The highest BCUT2D eigenvalue weighted by Crippen LogP contribution is 2.28. The molecular weight excluding hydrogens is 328 g/mol. The lowest BCUT2D eigenvalue weighted by Crippen LogP contribution is -2.55. The standard InChI is InChI=1S/C18H25ClN2O3/c19-14-5-7-15(8-6-14)23-11-9-20-18(22)13-21-10-12-24-17-4-2-1-3-16(17)21/h5-8,16-17H,1-4,9-13H2,(H,20,22). The largest absolute Gasteiger partial charge is 0.492 e. The van der Waals surface area contributed by atoms with E-state index < -0.39 is 0 Å². The van der Waals surface area contributed by atoms with Gasteiger partial charge in [-0.15, -0.1) is 0 Å². The average molecular weight is 353 g/mol. The highest BCUT2D eigenvalue weighted by Gasteiger charge is 2.34. The quantitative estimate of drug-likeness (QED) is 0.799. The van der Waals surface area contributed by atoms with Crippen LogP contribution in [0.4, 0.5) is 0 Å². The van der Waals surface area contributed by atoms with Crippen molar-refractivity contribution in [2.45, 2.75) is 37.8 Å². The van der Waals surface area contributed by atoms with E-state index in [1.165, 1.54) is 12.8 Å². The molecule has 6 heteroatoms. The molecule has 1 saturated carbocycles. The molecule has 1 aromatic rings. The Hall–Kier alpha value is -1.30. The van der Waals surface area contributed by atoms with E-state index in [1.807, 2.05) is 12.1 Å². The molecule has 24 heavy (non-hydrogen) atoms. The maximum absolute atomic E-state index is 12.2. The molecule has 2 atom stereocenters. The van der Waals surface area contributed by atoms with Crippen LogP contribution >= 0.6 is 11.6 Å². The van der Waals surface area contributed by atoms with E-state index >= 15 is 0 Å². The summed E-state index contributed by atoms with van der Waals surface area (Å²) in [5, 5.41) is 3.62. The summed E-state index contributed by atoms with van der Waals surface area (Å²) in [5.74, 6) is 0.813. The van der Waals surface area contributed by atoms with Crippen molar-refractivity contribution in [1.82, 2.24) is 10.2 Å². The number of carbonyl (C=O) groups is 1. The molecule has 5 nitrogen and oxygen atoms in total. The number of ether oxygens (including phenoxy) is 2. The highest BCUT2D eigenvalue weighted by molar-refractivity contribution is 6.30. The molecule has 2 unspecified atom stereocenters. The van der Waals surface area contributed by atoms with Crippen molar-refractivity contribution in [3.8, 4) is 5.75 Å². The van der Waals surface area contributed by atoms with Crippen molar-refractivity contribution >= 4 is 17.5 Å². The maximum Gasteiger partial charge on any atom is 0.234 e. The van der Waals surface area contributed by atoms with Gasteiger partial charge in [-0.2, -0.15) is 0 Å². The molecule has 1 aromatic carbocycles. The minimum absolute atomic E-state index is 0.0564. The van der Waals surface area contributed by atoms with Gasteiger partial charge in [0.15, 0.2) is 0 Å². The van der Waals surface area contributed by atoms with Crippen LogP contribution in [-0.4, -0.2) is 55.8 Å². The van der Waals surface area contributed by atoms with Gasteiger partial charge in [0.1, 0.15) is 12.4 Å². The minimum atomic E-state index is 0.0564. The number of amides is 1. The predicted molar refractivity (Wildman–Crippen MR) is 93.5 cm³/mol. The first kappa shape index (κ1) is 17.5. The number of nitrogens with one attached hydrogen (secondary N) is 1.